The van der Waals surface area contributed by atoms with Crippen molar-refractivity contribution < 1.29 is 12.8 Å². The molecule has 0 aliphatic rings. The minimum Gasteiger partial charge on any atom is -0.283 e. The Balaban J connectivity index is 2.25. The van der Waals surface area contributed by atoms with E-state index in [1.807, 2.05) is 6.07 Å². The van der Waals surface area contributed by atoms with Crippen LogP contribution in [0.1, 0.15) is 11.3 Å². The predicted molar refractivity (Wildman–Crippen MR) is 111 cm³/mol. The van der Waals surface area contributed by atoms with Gasteiger partial charge in [0.05, 0.1) is 17.9 Å². The molecule has 0 fully saturated rings. The van der Waals surface area contributed by atoms with Gasteiger partial charge in [-0.1, -0.05) is 36.4 Å². The zero-order valence-corrected chi connectivity index (χ0v) is 17.5. The number of hydrogen-bond acceptors (Lipinski definition) is 3. The molecule has 154 valence electrons. The van der Waals surface area contributed by atoms with Crippen molar-refractivity contribution in [1.29, 1.82) is 0 Å². The van der Waals surface area contributed by atoms with Crippen LogP contribution in [0.5, 0.6) is 0 Å². The Morgan fingerprint density at radius 1 is 1.00 bits per heavy atom. The zero-order chi connectivity index (χ0) is 21.3. The van der Waals surface area contributed by atoms with Crippen LogP contribution in [0.2, 0.25) is 0 Å². The first-order valence-corrected chi connectivity index (χ1v) is 10.3. The molecule has 3 rings (SSSR count). The van der Waals surface area contributed by atoms with Gasteiger partial charge in [-0.2, -0.15) is 12.7 Å². The summed E-state index contributed by atoms with van der Waals surface area (Å²) in [5.74, 6) is -0.538. The molecule has 1 aromatic heterocycles. The van der Waals surface area contributed by atoms with E-state index in [1.165, 1.54) is 37.0 Å². The third kappa shape index (κ3) is 3.70. The Morgan fingerprint density at radius 2 is 1.59 bits per heavy atom. The lowest BCUT2D eigenvalue weighted by atomic mass is 10.2. The van der Waals surface area contributed by atoms with Crippen molar-refractivity contribution in [2.75, 3.05) is 18.4 Å². The molecule has 0 N–H and O–H groups in total. The number of hydrogen-bond donors (Lipinski definition) is 0. The number of halogens is 1. The van der Waals surface area contributed by atoms with Gasteiger partial charge in [-0.3, -0.25) is 9.48 Å². The van der Waals surface area contributed by atoms with E-state index in [9.17, 15) is 17.6 Å². The van der Waals surface area contributed by atoms with Gasteiger partial charge in [-0.25, -0.2) is 13.4 Å². The molecule has 2 aromatic carbocycles. The Labute approximate surface area is 169 Å². The molecule has 0 aliphatic carbocycles. The molecule has 0 saturated carbocycles. The molecular weight excluding hydrogens is 395 g/mol. The van der Waals surface area contributed by atoms with E-state index in [2.05, 4.69) is 0 Å². The summed E-state index contributed by atoms with van der Waals surface area (Å²) in [5.41, 5.74) is 0.696. The van der Waals surface area contributed by atoms with E-state index >= 15 is 0 Å². The lowest BCUT2D eigenvalue weighted by molar-refractivity contribution is 0.513. The molecular formula is C20H23FN4O3S. The second-order valence-corrected chi connectivity index (χ2v) is 8.87. The van der Waals surface area contributed by atoms with E-state index < -0.39 is 21.6 Å². The number of nitrogens with zero attached hydrogens (tertiary/aromatic N) is 4. The molecule has 29 heavy (non-hydrogen) atoms. The quantitative estimate of drug-likeness (QED) is 0.618. The van der Waals surface area contributed by atoms with E-state index in [1.54, 1.807) is 49.0 Å². The largest absolute Gasteiger partial charge is 0.304 e. The van der Waals surface area contributed by atoms with Crippen LogP contribution in [0, 0.1) is 12.7 Å². The van der Waals surface area contributed by atoms with Gasteiger partial charge in [0.1, 0.15) is 11.5 Å². The lowest BCUT2D eigenvalue weighted by Gasteiger charge is -2.26. The highest BCUT2D eigenvalue weighted by molar-refractivity contribution is 7.90. The maximum atomic E-state index is 14.3. The average molecular weight is 418 g/mol. The summed E-state index contributed by atoms with van der Waals surface area (Å²) in [6, 6.07) is 14.8. The molecule has 3 aromatic rings. The van der Waals surface area contributed by atoms with Crippen LogP contribution >= 0.6 is 0 Å². The first kappa shape index (κ1) is 20.8. The van der Waals surface area contributed by atoms with Crippen molar-refractivity contribution in [3.05, 3.63) is 82.0 Å². The van der Waals surface area contributed by atoms with Crippen LogP contribution in [0.25, 0.3) is 5.69 Å². The maximum Gasteiger partial charge on any atom is 0.304 e. The van der Waals surface area contributed by atoms with Crippen LogP contribution in [0.3, 0.4) is 0 Å². The van der Waals surface area contributed by atoms with E-state index in [4.69, 9.17) is 0 Å². The Kier molecular flexibility index (Phi) is 5.63. The van der Waals surface area contributed by atoms with Crippen molar-refractivity contribution in [3.8, 4) is 5.69 Å². The minimum atomic E-state index is -4.06. The summed E-state index contributed by atoms with van der Waals surface area (Å²) in [7, 11) is 0.359. The van der Waals surface area contributed by atoms with E-state index in [-0.39, 0.29) is 17.8 Å². The summed E-state index contributed by atoms with van der Waals surface area (Å²) in [6.45, 7) is 1.36. The van der Waals surface area contributed by atoms with Crippen LogP contribution in [0.15, 0.2) is 59.4 Å². The molecule has 0 unspecified atom stereocenters. The molecule has 0 amide bonds. The molecule has 0 bridgehead atoms. The van der Waals surface area contributed by atoms with Crippen LogP contribution < -0.4 is 9.86 Å². The van der Waals surface area contributed by atoms with Crippen molar-refractivity contribution in [1.82, 2.24) is 13.7 Å². The van der Waals surface area contributed by atoms with Crippen LogP contribution in [-0.2, 0) is 23.8 Å². The summed E-state index contributed by atoms with van der Waals surface area (Å²) in [4.78, 5) is 13.3. The molecule has 1 heterocycles. The highest BCUT2D eigenvalue weighted by Gasteiger charge is 2.32. The average Bonchev–Trinajstić information content (AvgIpc) is 2.90. The molecule has 0 saturated heterocycles. The summed E-state index contributed by atoms with van der Waals surface area (Å²) in [6.07, 6.45) is 0. The molecule has 0 aliphatic heterocycles. The van der Waals surface area contributed by atoms with Gasteiger partial charge in [0, 0.05) is 26.7 Å². The van der Waals surface area contributed by atoms with Crippen LogP contribution in [-0.4, -0.2) is 36.2 Å². The second-order valence-electron chi connectivity index (χ2n) is 6.80. The number of rotatable bonds is 6. The smallest absolute Gasteiger partial charge is 0.283 e. The van der Waals surface area contributed by atoms with Gasteiger partial charge in [0.25, 0.3) is 5.56 Å². The lowest BCUT2D eigenvalue weighted by Crippen LogP contribution is -2.42. The summed E-state index contributed by atoms with van der Waals surface area (Å²) in [5, 5.41) is 0. The van der Waals surface area contributed by atoms with Crippen molar-refractivity contribution >= 4 is 15.9 Å². The SMILES string of the molecule is Cc1c(N(Cc2ccccc2F)S(=O)(=O)N(C)C)c(=O)n(-c2ccccc2)n1C. The number of aromatic nitrogens is 2. The third-order valence-corrected chi connectivity index (χ3v) is 6.58. The highest BCUT2D eigenvalue weighted by atomic mass is 32.2. The van der Waals surface area contributed by atoms with Gasteiger partial charge in [-0.15, -0.1) is 0 Å². The first-order chi connectivity index (χ1) is 13.7. The molecule has 9 heteroatoms. The first-order valence-electron chi connectivity index (χ1n) is 8.94. The Hall–Kier alpha value is -2.91. The monoisotopic (exact) mass is 418 g/mol. The van der Waals surface area contributed by atoms with Gasteiger partial charge in [0.2, 0.25) is 0 Å². The molecule has 7 nitrogen and oxygen atoms in total. The predicted octanol–water partition coefficient (Wildman–Crippen LogP) is 2.44. The standard InChI is InChI=1S/C20H23FN4O3S/c1-15-19(20(26)25(23(15)4)17-11-6-5-7-12-17)24(29(27,28)22(2)3)14-16-10-8-9-13-18(16)21/h5-13H,14H2,1-4H3. The molecule has 0 atom stereocenters. The van der Waals surface area contributed by atoms with E-state index in [0.717, 1.165) is 8.61 Å². The number of benzene rings is 2. The van der Waals surface area contributed by atoms with Gasteiger partial charge >= 0.3 is 10.2 Å². The van der Waals surface area contributed by atoms with Gasteiger partial charge in [-0.05, 0) is 25.1 Å². The molecule has 0 radical (unpaired) electrons. The number of anilines is 1. The van der Waals surface area contributed by atoms with Gasteiger partial charge < -0.3 is 0 Å². The zero-order valence-electron chi connectivity index (χ0n) is 16.7. The van der Waals surface area contributed by atoms with Crippen molar-refractivity contribution in [2.24, 2.45) is 7.05 Å². The Bertz CT molecular complexity index is 1180. The Morgan fingerprint density at radius 3 is 2.17 bits per heavy atom. The highest BCUT2D eigenvalue weighted by Crippen LogP contribution is 2.25. The maximum absolute atomic E-state index is 14.3. The normalized spacial score (nSPS) is 11.8. The van der Waals surface area contributed by atoms with Crippen LogP contribution in [0.4, 0.5) is 10.1 Å². The number of para-hydroxylation sites is 1. The molecule has 0 spiro atoms. The second kappa shape index (κ2) is 7.84. The fourth-order valence-electron chi connectivity index (χ4n) is 3.10. The summed E-state index contributed by atoms with van der Waals surface area (Å²) < 4.78 is 45.4. The minimum absolute atomic E-state index is 0.0201. The summed E-state index contributed by atoms with van der Waals surface area (Å²) >= 11 is 0. The third-order valence-electron chi connectivity index (χ3n) is 4.78. The van der Waals surface area contributed by atoms with E-state index in [0.29, 0.717) is 11.4 Å². The fourth-order valence-corrected chi connectivity index (χ4v) is 4.23. The fraction of sp³-hybridized carbons (Fsp3) is 0.250. The van der Waals surface area contributed by atoms with Crippen molar-refractivity contribution in [2.45, 2.75) is 13.5 Å². The van der Waals surface area contributed by atoms with Crippen molar-refractivity contribution in [3.63, 3.8) is 0 Å². The topological polar surface area (TPSA) is 67.6 Å². The van der Waals surface area contributed by atoms with Gasteiger partial charge in [0.15, 0.2) is 0 Å².